The van der Waals surface area contributed by atoms with Gasteiger partial charge in [-0.2, -0.15) is 0 Å². The molecular formula is C24H26FNO5. The molecule has 6 nitrogen and oxygen atoms in total. The molecule has 0 aliphatic heterocycles. The first-order chi connectivity index (χ1) is 14.9. The number of hydrogen-bond acceptors (Lipinski definition) is 6. The van der Waals surface area contributed by atoms with Gasteiger partial charge in [0.15, 0.2) is 12.1 Å². The molecule has 0 aliphatic rings. The third kappa shape index (κ3) is 6.25. The highest BCUT2D eigenvalue weighted by Crippen LogP contribution is 2.28. The molecule has 0 radical (unpaired) electrons. The van der Waals surface area contributed by atoms with E-state index >= 15 is 0 Å². The van der Waals surface area contributed by atoms with E-state index in [-0.39, 0.29) is 48.0 Å². The van der Waals surface area contributed by atoms with Gasteiger partial charge in [-0.3, -0.25) is 14.6 Å². The Morgan fingerprint density at radius 1 is 1.16 bits per heavy atom. The Bertz CT molecular complexity index is 997. The van der Waals surface area contributed by atoms with Crippen LogP contribution in [0.4, 0.5) is 4.39 Å². The van der Waals surface area contributed by atoms with Gasteiger partial charge in [-0.15, -0.1) is 0 Å². The van der Waals surface area contributed by atoms with Gasteiger partial charge in [0.2, 0.25) is 0 Å². The Kier molecular flexibility index (Phi) is 8.94. The fourth-order valence-electron chi connectivity index (χ4n) is 2.88. The van der Waals surface area contributed by atoms with Gasteiger partial charge < -0.3 is 14.6 Å². The van der Waals surface area contributed by atoms with E-state index in [2.05, 4.69) is 4.98 Å². The molecule has 1 N–H and O–H groups in total. The Morgan fingerprint density at radius 3 is 2.55 bits per heavy atom. The van der Waals surface area contributed by atoms with E-state index in [9.17, 15) is 19.1 Å². The van der Waals surface area contributed by atoms with Crippen LogP contribution >= 0.6 is 0 Å². The number of halogens is 1. The van der Waals surface area contributed by atoms with E-state index in [0.29, 0.717) is 29.8 Å². The summed E-state index contributed by atoms with van der Waals surface area (Å²) in [6, 6.07) is 8.44. The largest absolute Gasteiger partial charge is 0.512 e. The van der Waals surface area contributed by atoms with Crippen molar-refractivity contribution in [1.82, 2.24) is 4.98 Å². The molecule has 0 unspecified atom stereocenters. The summed E-state index contributed by atoms with van der Waals surface area (Å²) in [5.41, 5.74) is 0.547. The van der Waals surface area contributed by atoms with E-state index in [0.717, 1.165) is 0 Å². The summed E-state index contributed by atoms with van der Waals surface area (Å²) in [6.07, 6.45) is 3.90. The molecule has 7 heteroatoms. The summed E-state index contributed by atoms with van der Waals surface area (Å²) in [4.78, 5) is 26.7. The first-order valence-corrected chi connectivity index (χ1v) is 10.1. The zero-order valence-corrected chi connectivity index (χ0v) is 17.9. The molecule has 0 saturated heterocycles. The second-order valence-corrected chi connectivity index (χ2v) is 6.55. The van der Waals surface area contributed by atoms with Crippen LogP contribution < -0.4 is 4.74 Å². The van der Waals surface area contributed by atoms with E-state index in [1.54, 1.807) is 38.1 Å². The first-order valence-electron chi connectivity index (χ1n) is 10.1. The second kappa shape index (κ2) is 11.6. The molecule has 0 fully saturated rings. The first kappa shape index (κ1) is 23.8. The molecule has 2 aromatic rings. The van der Waals surface area contributed by atoms with Gasteiger partial charge in [0.05, 0.1) is 18.8 Å². The number of hydrogen-bond donors (Lipinski definition) is 1. The highest BCUT2D eigenvalue weighted by Gasteiger charge is 2.17. The van der Waals surface area contributed by atoms with Gasteiger partial charge in [-0.1, -0.05) is 32.0 Å². The van der Waals surface area contributed by atoms with Crippen molar-refractivity contribution in [3.05, 3.63) is 76.8 Å². The molecule has 31 heavy (non-hydrogen) atoms. The van der Waals surface area contributed by atoms with Crippen LogP contribution in [-0.4, -0.2) is 29.0 Å². The van der Waals surface area contributed by atoms with Crippen LogP contribution in [0, 0.1) is 5.82 Å². The number of allylic oxidation sites excluding steroid dienone is 4. The van der Waals surface area contributed by atoms with Gasteiger partial charge >= 0.3 is 5.97 Å². The normalized spacial score (nSPS) is 12.2. The zero-order chi connectivity index (χ0) is 22.8. The highest BCUT2D eigenvalue weighted by molar-refractivity contribution is 5.81. The zero-order valence-electron chi connectivity index (χ0n) is 17.9. The molecule has 0 aliphatic carbocycles. The lowest BCUT2D eigenvalue weighted by atomic mass is 10.0. The molecule has 0 amide bonds. The quantitative estimate of drug-likeness (QED) is 0.243. The third-order valence-electron chi connectivity index (χ3n) is 4.47. The predicted octanol–water partition coefficient (Wildman–Crippen LogP) is 5.19. The Hall–Kier alpha value is -3.48. The number of rotatable bonds is 10. The smallest absolute Gasteiger partial charge is 0.310 e. The molecule has 1 heterocycles. The van der Waals surface area contributed by atoms with Crippen LogP contribution in [0.5, 0.6) is 5.75 Å². The number of aromatic nitrogens is 1. The van der Waals surface area contributed by atoms with Crippen LogP contribution in [0.15, 0.2) is 54.1 Å². The number of benzene rings is 1. The van der Waals surface area contributed by atoms with Crippen molar-refractivity contribution >= 4 is 17.8 Å². The lowest BCUT2D eigenvalue weighted by Gasteiger charge is -2.15. The molecule has 0 atom stereocenters. The number of aldehydes is 1. The van der Waals surface area contributed by atoms with Gasteiger partial charge in [0.1, 0.15) is 17.2 Å². The maximum absolute atomic E-state index is 14.7. The molecule has 1 aromatic carbocycles. The average molecular weight is 427 g/mol. The Labute approximate surface area is 181 Å². The fraction of sp³-hybridized carbons (Fsp3) is 0.292. The monoisotopic (exact) mass is 427 g/mol. The van der Waals surface area contributed by atoms with E-state index < -0.39 is 5.82 Å². The van der Waals surface area contributed by atoms with Crippen molar-refractivity contribution in [1.29, 1.82) is 0 Å². The van der Waals surface area contributed by atoms with Crippen molar-refractivity contribution in [2.75, 3.05) is 6.61 Å². The summed E-state index contributed by atoms with van der Waals surface area (Å²) >= 11 is 0. The molecule has 0 saturated carbocycles. The minimum absolute atomic E-state index is 0.0470. The minimum atomic E-state index is -0.818. The third-order valence-corrected chi connectivity index (χ3v) is 4.47. The number of aliphatic hydroxyl groups excluding tert-OH is 1. The summed E-state index contributed by atoms with van der Waals surface area (Å²) in [5.74, 6) is -0.346. The molecular weight excluding hydrogens is 401 g/mol. The molecule has 164 valence electrons. The number of pyridine rings is 1. The SMILES string of the molecule is CCOC(=O)Cc1ccccc1O/C(=C/C(=C(/O)CC)c1ccnc(C=O)c1F)CC. The van der Waals surface area contributed by atoms with Crippen LogP contribution in [0.2, 0.25) is 0 Å². The molecule has 0 spiro atoms. The number of esters is 1. The highest BCUT2D eigenvalue weighted by atomic mass is 19.1. The van der Waals surface area contributed by atoms with Crippen LogP contribution in [-0.2, 0) is 16.0 Å². The van der Waals surface area contributed by atoms with Gasteiger partial charge in [-0.05, 0) is 25.1 Å². The molecule has 1 aromatic heterocycles. The molecule has 0 bridgehead atoms. The maximum atomic E-state index is 14.7. The van der Waals surface area contributed by atoms with Gasteiger partial charge in [-0.25, -0.2) is 4.39 Å². The topological polar surface area (TPSA) is 85.7 Å². The van der Waals surface area contributed by atoms with Gasteiger partial charge in [0.25, 0.3) is 0 Å². The van der Waals surface area contributed by atoms with Crippen LogP contribution in [0.3, 0.4) is 0 Å². The lowest BCUT2D eigenvalue weighted by molar-refractivity contribution is -0.142. The Balaban J connectivity index is 2.46. The number of ether oxygens (including phenoxy) is 2. The number of nitrogens with zero attached hydrogens (tertiary/aromatic N) is 1. The number of para-hydroxylation sites is 1. The predicted molar refractivity (Wildman–Crippen MR) is 115 cm³/mol. The summed E-state index contributed by atoms with van der Waals surface area (Å²) in [7, 11) is 0. The van der Waals surface area contributed by atoms with Crippen molar-refractivity contribution in [2.24, 2.45) is 0 Å². The number of carbonyl (C=O) groups excluding carboxylic acids is 2. The number of carbonyl (C=O) groups is 2. The summed E-state index contributed by atoms with van der Waals surface area (Å²) < 4.78 is 25.7. The van der Waals surface area contributed by atoms with E-state index in [1.807, 2.05) is 6.92 Å². The van der Waals surface area contributed by atoms with Crippen LogP contribution in [0.1, 0.15) is 55.2 Å². The van der Waals surface area contributed by atoms with Crippen molar-refractivity contribution < 1.29 is 28.6 Å². The average Bonchev–Trinajstić information content (AvgIpc) is 2.77. The summed E-state index contributed by atoms with van der Waals surface area (Å²) in [5, 5.41) is 10.4. The summed E-state index contributed by atoms with van der Waals surface area (Å²) in [6.45, 7) is 5.59. The fourth-order valence-corrected chi connectivity index (χ4v) is 2.88. The van der Waals surface area contributed by atoms with E-state index in [1.165, 1.54) is 18.3 Å². The van der Waals surface area contributed by atoms with Gasteiger partial charge in [0, 0.05) is 35.7 Å². The van der Waals surface area contributed by atoms with Crippen molar-refractivity contribution in [3.63, 3.8) is 0 Å². The van der Waals surface area contributed by atoms with Crippen LogP contribution in [0.25, 0.3) is 5.57 Å². The molecule has 2 rings (SSSR count). The minimum Gasteiger partial charge on any atom is -0.512 e. The maximum Gasteiger partial charge on any atom is 0.310 e. The van der Waals surface area contributed by atoms with Crippen molar-refractivity contribution in [2.45, 2.75) is 40.0 Å². The standard InChI is InChI=1S/C24H26FNO5/c1-4-17(31-22-10-8-7-9-16(22)13-23(29)30-6-3)14-19(21(28)5-2)18-11-12-26-20(15-27)24(18)25/h7-12,14-15,28H,4-6,13H2,1-3H3/b17-14+,21-19-. The van der Waals surface area contributed by atoms with Crippen molar-refractivity contribution in [3.8, 4) is 5.75 Å². The van der Waals surface area contributed by atoms with E-state index in [4.69, 9.17) is 9.47 Å². The Morgan fingerprint density at radius 2 is 1.90 bits per heavy atom. The lowest BCUT2D eigenvalue weighted by Crippen LogP contribution is -2.09. The second-order valence-electron chi connectivity index (χ2n) is 6.55. The number of aliphatic hydroxyl groups is 1.